The zero-order valence-corrected chi connectivity index (χ0v) is 6.53. The van der Waals surface area contributed by atoms with Gasteiger partial charge in [-0.2, -0.15) is 0 Å². The van der Waals surface area contributed by atoms with Crippen LogP contribution < -0.4 is 5.32 Å². The Morgan fingerprint density at radius 1 is 1.78 bits per heavy atom. The van der Waals surface area contributed by atoms with Crippen LogP contribution in [0.3, 0.4) is 0 Å². The predicted octanol–water partition coefficient (Wildman–Crippen LogP) is 1.14. The van der Waals surface area contributed by atoms with E-state index in [0.717, 1.165) is 6.42 Å². The first-order chi connectivity index (χ1) is 4.20. The summed E-state index contributed by atoms with van der Waals surface area (Å²) in [6.45, 7) is 3.96. The maximum Gasteiger partial charge on any atom is 0.235 e. The molecule has 0 spiro atoms. The first-order valence-corrected chi connectivity index (χ1v) is 3.59. The molecule has 0 fully saturated rings. The van der Waals surface area contributed by atoms with Gasteiger partial charge in [-0.05, 0) is 13.3 Å². The van der Waals surface area contributed by atoms with Crippen molar-refractivity contribution in [3.63, 3.8) is 0 Å². The number of hydrogen-bond donors (Lipinski definition) is 1. The lowest BCUT2D eigenvalue weighted by molar-refractivity contribution is -0.119. The normalized spacial score (nSPS) is 12.8. The van der Waals surface area contributed by atoms with E-state index in [1.165, 1.54) is 0 Å². The molecule has 0 bridgehead atoms. The number of amides is 1. The summed E-state index contributed by atoms with van der Waals surface area (Å²) in [5, 5.41) is 2.71. The molecule has 0 aromatic heterocycles. The topological polar surface area (TPSA) is 29.1 Å². The van der Waals surface area contributed by atoms with Crippen LogP contribution in [-0.2, 0) is 4.79 Å². The Morgan fingerprint density at radius 2 is 2.33 bits per heavy atom. The predicted molar refractivity (Wildman–Crippen MR) is 38.6 cm³/mol. The van der Waals surface area contributed by atoms with Crippen LogP contribution in [-0.4, -0.2) is 17.8 Å². The second kappa shape index (κ2) is 4.62. The minimum atomic E-state index is -0.0917. The number of alkyl halides is 1. The first-order valence-electron chi connectivity index (χ1n) is 3.06. The molecule has 0 aliphatic heterocycles. The van der Waals surface area contributed by atoms with Gasteiger partial charge in [-0.3, -0.25) is 4.79 Å². The third kappa shape index (κ3) is 4.28. The monoisotopic (exact) mass is 149 g/mol. The molecule has 0 saturated carbocycles. The van der Waals surface area contributed by atoms with Crippen LogP contribution in [0.4, 0.5) is 0 Å². The summed E-state index contributed by atoms with van der Waals surface area (Å²) < 4.78 is 0. The number of hydrogen-bond acceptors (Lipinski definition) is 1. The smallest absolute Gasteiger partial charge is 0.235 e. The quantitative estimate of drug-likeness (QED) is 0.600. The van der Waals surface area contributed by atoms with E-state index < -0.39 is 0 Å². The summed E-state index contributed by atoms with van der Waals surface area (Å²) >= 11 is 5.24. The number of rotatable bonds is 3. The van der Waals surface area contributed by atoms with Crippen molar-refractivity contribution in [2.45, 2.75) is 26.3 Å². The molecule has 0 heterocycles. The lowest BCUT2D eigenvalue weighted by atomic mass is 10.3. The number of carbonyl (C=O) groups is 1. The standard InChI is InChI=1S/C6H12ClNO/c1-3-5(2)8-6(9)4-7/h5H,3-4H2,1-2H3,(H,8,9)/t5-/m1/s1. The third-order valence-electron chi connectivity index (χ3n) is 1.14. The molecule has 3 heteroatoms. The fourth-order valence-corrected chi connectivity index (χ4v) is 0.493. The van der Waals surface area contributed by atoms with E-state index in [2.05, 4.69) is 5.32 Å². The van der Waals surface area contributed by atoms with E-state index in [9.17, 15) is 4.79 Å². The molecular formula is C6H12ClNO. The SMILES string of the molecule is CC[C@@H](C)NC(=O)CCl. The third-order valence-corrected chi connectivity index (χ3v) is 1.38. The average molecular weight is 150 g/mol. The molecule has 0 aliphatic rings. The molecule has 1 amide bonds. The van der Waals surface area contributed by atoms with E-state index in [0.29, 0.717) is 0 Å². The lowest BCUT2D eigenvalue weighted by Crippen LogP contribution is -2.32. The second-order valence-corrected chi connectivity index (χ2v) is 2.28. The lowest BCUT2D eigenvalue weighted by Gasteiger charge is -2.08. The van der Waals surface area contributed by atoms with Gasteiger partial charge in [-0.25, -0.2) is 0 Å². The minimum Gasteiger partial charge on any atom is -0.353 e. The molecule has 0 aromatic carbocycles. The number of halogens is 1. The molecule has 0 radical (unpaired) electrons. The first kappa shape index (κ1) is 8.76. The van der Waals surface area contributed by atoms with Gasteiger partial charge in [0.1, 0.15) is 5.88 Å². The summed E-state index contributed by atoms with van der Waals surface area (Å²) in [5.74, 6) is -0.0318. The Bertz CT molecular complexity index is 95.1. The largest absolute Gasteiger partial charge is 0.353 e. The molecule has 2 nitrogen and oxygen atoms in total. The van der Waals surface area contributed by atoms with Crippen LogP contribution in [0.5, 0.6) is 0 Å². The van der Waals surface area contributed by atoms with Crippen molar-refractivity contribution in [3.05, 3.63) is 0 Å². The number of nitrogens with one attached hydrogen (secondary N) is 1. The summed E-state index contributed by atoms with van der Waals surface area (Å²) in [6, 6.07) is 0.247. The van der Waals surface area contributed by atoms with Gasteiger partial charge in [0.15, 0.2) is 0 Å². The van der Waals surface area contributed by atoms with Crippen LogP contribution in [0.1, 0.15) is 20.3 Å². The van der Waals surface area contributed by atoms with Crippen LogP contribution in [0.25, 0.3) is 0 Å². The van der Waals surface area contributed by atoms with E-state index in [4.69, 9.17) is 11.6 Å². The van der Waals surface area contributed by atoms with Gasteiger partial charge in [-0.15, -0.1) is 11.6 Å². The van der Waals surface area contributed by atoms with Gasteiger partial charge in [0.2, 0.25) is 5.91 Å². The Labute approximate surface area is 60.6 Å². The van der Waals surface area contributed by atoms with E-state index in [1.54, 1.807) is 0 Å². The van der Waals surface area contributed by atoms with Crippen molar-refractivity contribution in [1.82, 2.24) is 5.32 Å². The van der Waals surface area contributed by atoms with E-state index >= 15 is 0 Å². The Hall–Kier alpha value is -0.240. The zero-order valence-electron chi connectivity index (χ0n) is 5.78. The van der Waals surface area contributed by atoms with Gasteiger partial charge < -0.3 is 5.32 Å². The van der Waals surface area contributed by atoms with E-state index in [1.807, 2.05) is 13.8 Å². The molecule has 9 heavy (non-hydrogen) atoms. The molecule has 1 N–H and O–H groups in total. The summed E-state index contributed by atoms with van der Waals surface area (Å²) in [7, 11) is 0. The molecule has 0 aliphatic carbocycles. The maximum absolute atomic E-state index is 10.5. The maximum atomic E-state index is 10.5. The van der Waals surface area contributed by atoms with Gasteiger partial charge in [0, 0.05) is 6.04 Å². The molecule has 0 saturated heterocycles. The van der Waals surface area contributed by atoms with Crippen molar-refractivity contribution in [3.8, 4) is 0 Å². The van der Waals surface area contributed by atoms with E-state index in [-0.39, 0.29) is 17.8 Å². The molecule has 1 atom stereocenters. The Morgan fingerprint density at radius 3 is 2.67 bits per heavy atom. The van der Waals surface area contributed by atoms with Gasteiger partial charge in [-0.1, -0.05) is 6.92 Å². The highest BCUT2D eigenvalue weighted by Gasteiger charge is 2.01. The van der Waals surface area contributed by atoms with Gasteiger partial charge >= 0.3 is 0 Å². The zero-order chi connectivity index (χ0) is 7.28. The highest BCUT2D eigenvalue weighted by molar-refractivity contribution is 6.27. The van der Waals surface area contributed by atoms with Crippen molar-refractivity contribution in [2.75, 3.05) is 5.88 Å². The minimum absolute atomic E-state index is 0.0599. The summed E-state index contributed by atoms with van der Waals surface area (Å²) in [5.41, 5.74) is 0. The molecule has 0 rings (SSSR count). The van der Waals surface area contributed by atoms with Gasteiger partial charge in [0.25, 0.3) is 0 Å². The van der Waals surface area contributed by atoms with Crippen molar-refractivity contribution >= 4 is 17.5 Å². The fraction of sp³-hybridized carbons (Fsp3) is 0.833. The second-order valence-electron chi connectivity index (χ2n) is 2.01. The van der Waals surface area contributed by atoms with Crippen LogP contribution in [0.15, 0.2) is 0 Å². The van der Waals surface area contributed by atoms with Gasteiger partial charge in [0.05, 0.1) is 0 Å². The molecule has 54 valence electrons. The Kier molecular flexibility index (Phi) is 4.50. The highest BCUT2D eigenvalue weighted by atomic mass is 35.5. The average Bonchev–Trinajstić information content (AvgIpc) is 1.87. The Balaban J connectivity index is 3.34. The van der Waals surface area contributed by atoms with Crippen molar-refractivity contribution < 1.29 is 4.79 Å². The fourth-order valence-electron chi connectivity index (χ4n) is 0.415. The molecular weight excluding hydrogens is 138 g/mol. The van der Waals surface area contributed by atoms with Crippen molar-refractivity contribution in [2.24, 2.45) is 0 Å². The summed E-state index contributed by atoms with van der Waals surface area (Å²) in [6.07, 6.45) is 0.947. The molecule has 0 unspecified atom stereocenters. The summed E-state index contributed by atoms with van der Waals surface area (Å²) in [4.78, 5) is 10.5. The van der Waals surface area contributed by atoms with Crippen LogP contribution in [0, 0.1) is 0 Å². The molecule has 0 aromatic rings. The van der Waals surface area contributed by atoms with Crippen LogP contribution >= 0.6 is 11.6 Å². The number of carbonyl (C=O) groups excluding carboxylic acids is 1. The van der Waals surface area contributed by atoms with Crippen molar-refractivity contribution in [1.29, 1.82) is 0 Å². The van der Waals surface area contributed by atoms with Crippen LogP contribution in [0.2, 0.25) is 0 Å². The highest BCUT2D eigenvalue weighted by Crippen LogP contribution is 1.87.